The van der Waals surface area contributed by atoms with Crippen LogP contribution in [0.4, 0.5) is 0 Å². The van der Waals surface area contributed by atoms with Gasteiger partial charge in [0.25, 0.3) is 0 Å². The van der Waals surface area contributed by atoms with E-state index in [2.05, 4.69) is 88.0 Å². The van der Waals surface area contributed by atoms with Crippen LogP contribution in [-0.2, 0) is 66.2 Å². The molecule has 0 aromatic heterocycles. The van der Waals surface area contributed by atoms with Crippen molar-refractivity contribution in [3.05, 3.63) is 374 Å². The molecule has 16 nitrogen and oxygen atoms in total. The molecule has 0 N–H and O–H groups in total. The van der Waals surface area contributed by atoms with Crippen LogP contribution in [0.3, 0.4) is 0 Å². The lowest BCUT2D eigenvalue weighted by Gasteiger charge is -2.24. The Hall–Kier alpha value is -11.5. The normalized spacial score (nSPS) is 12.8. The van der Waals surface area contributed by atoms with Crippen molar-refractivity contribution >= 4 is 151 Å². The molecule has 0 saturated carbocycles. The largest absolute Gasteiger partial charge is 0.378 e. The van der Waals surface area contributed by atoms with Gasteiger partial charge in [-0.1, -0.05) is 185 Å². The number of rotatable bonds is 20. The summed E-state index contributed by atoms with van der Waals surface area (Å²) in [5, 5.41) is 45.9. The molecule has 0 heterocycles. The molecule has 0 aliphatic heterocycles. The van der Waals surface area contributed by atoms with E-state index >= 15 is 33.7 Å². The van der Waals surface area contributed by atoms with Gasteiger partial charge < -0.3 is 16.7 Å². The number of benzene rings is 12. The lowest BCUT2D eigenvalue weighted by molar-refractivity contribution is 0.478. The van der Waals surface area contributed by atoms with Gasteiger partial charge in [-0.25, -0.2) is 0 Å². The van der Waals surface area contributed by atoms with Gasteiger partial charge in [-0.05, 0) is 214 Å². The zero-order chi connectivity index (χ0) is 78.9. The zero-order valence-electron chi connectivity index (χ0n) is 58.4. The van der Waals surface area contributed by atoms with Crippen LogP contribution in [0.15, 0.2) is 304 Å². The number of halogens is 4. The first-order chi connectivity index (χ1) is 53.8. The van der Waals surface area contributed by atoms with Crippen LogP contribution in [0.5, 0.6) is 23.0 Å². The van der Waals surface area contributed by atoms with Gasteiger partial charge in [0, 0.05) is 88.1 Å². The van der Waals surface area contributed by atoms with E-state index in [1.807, 2.05) is 0 Å². The van der Waals surface area contributed by atoms with Crippen molar-refractivity contribution in [1.29, 1.82) is 21.0 Å². The Morgan fingerprint density at radius 2 is 0.420 bits per heavy atom. The monoisotopic (exact) mass is 1800 g/mol. The average molecular weight is 1810 g/mol. The molecule has 0 amide bonds. The maximum absolute atomic E-state index is 15.5. The number of hydrogen-bond donors (Lipinski definition) is 0. The van der Waals surface area contributed by atoms with Crippen molar-refractivity contribution in [3.8, 4) is 47.3 Å². The van der Waals surface area contributed by atoms with Gasteiger partial charge in [-0.3, -0.25) is 0 Å². The maximum atomic E-state index is 15.5. The van der Waals surface area contributed by atoms with E-state index in [4.69, 9.17) is 16.7 Å². The van der Waals surface area contributed by atoms with Gasteiger partial charge in [0.05, 0.1) is 46.6 Å². The standard InChI is InChI=1S/C88H56Br4N4O12S4/c89-77-21-29-81(30-22-77)109(97,98)105-85-65-41-61(73(53-93)37-57-13-5-1-6-14-57)42-66(85)50-68-44-63(75(55-95)39-59-17-9-3-10-18-59)46-70(87(68)107-111(101,102)83-33-25-79(91)26-34-83)52-72-48-64(76(56-96)40-60-19-11-4-12-20-60)47-71(88(72)108-112(103,104)84-35-27-80(92)28-36-84)51-69-45-62(74(54-94)38-58-15-7-2-8-16-58)43-67(49-65)86(69)106-110(99,100)82-31-23-78(90)24-32-82/h1-48H,49-52H2/b73-37+,74-38+,75-39+,76-40+. The van der Waals surface area contributed by atoms with Crippen molar-refractivity contribution < 1.29 is 50.4 Å². The van der Waals surface area contributed by atoms with Crippen LogP contribution < -0.4 is 16.7 Å². The second-order valence-corrected chi connectivity index (χ2v) is 35.3. The molecular formula is C88H56Br4N4O12S4. The van der Waals surface area contributed by atoms with Crippen molar-refractivity contribution in [2.24, 2.45) is 0 Å². The van der Waals surface area contributed by atoms with E-state index in [1.165, 1.54) is 146 Å². The fourth-order valence-electron chi connectivity index (χ4n) is 12.6. The molecule has 1 aliphatic carbocycles. The molecule has 12 aromatic rings. The van der Waals surface area contributed by atoms with Crippen LogP contribution in [0.25, 0.3) is 46.6 Å². The molecular weight excluding hydrogens is 1750 g/mol. The number of allylic oxidation sites excluding steroid dienone is 4. The first-order valence-corrected chi connectivity index (χ1v) is 42.8. The highest BCUT2D eigenvalue weighted by Gasteiger charge is 2.33. The molecule has 0 radical (unpaired) electrons. The number of fused-ring (bicyclic) bond motifs is 8. The number of nitrogens with zero attached hydrogens (tertiary/aromatic N) is 4. The highest BCUT2D eigenvalue weighted by molar-refractivity contribution is 9.11. The van der Waals surface area contributed by atoms with Crippen molar-refractivity contribution in [2.45, 2.75) is 45.3 Å². The smallest absolute Gasteiger partial charge is 0.339 e. The topological polar surface area (TPSA) is 269 Å². The van der Waals surface area contributed by atoms with E-state index in [0.29, 0.717) is 40.1 Å². The average Bonchev–Trinajstić information content (AvgIpc) is 0.746. The molecule has 0 fully saturated rings. The Labute approximate surface area is 682 Å². The molecule has 112 heavy (non-hydrogen) atoms. The van der Waals surface area contributed by atoms with Gasteiger partial charge in [0.1, 0.15) is 42.6 Å². The van der Waals surface area contributed by atoms with E-state index in [-0.39, 0.29) is 109 Å². The number of hydrogen-bond acceptors (Lipinski definition) is 16. The molecule has 13 rings (SSSR count). The van der Waals surface area contributed by atoms with Gasteiger partial charge in [-0.15, -0.1) is 0 Å². The van der Waals surface area contributed by atoms with Gasteiger partial charge in [-0.2, -0.15) is 54.7 Å². The Bertz CT molecular complexity index is 5600. The fraction of sp³-hybridized carbons (Fsp3) is 0.0455. The van der Waals surface area contributed by atoms with E-state index in [1.54, 1.807) is 146 Å². The highest BCUT2D eigenvalue weighted by Crippen LogP contribution is 2.46. The summed E-state index contributed by atoms with van der Waals surface area (Å²) in [6.07, 6.45) is 3.94. The summed E-state index contributed by atoms with van der Waals surface area (Å²) >= 11 is 13.6. The third-order valence-corrected chi connectivity index (χ3v) is 24.9. The maximum Gasteiger partial charge on any atom is 0.339 e. The van der Waals surface area contributed by atoms with E-state index in [9.17, 15) is 21.0 Å². The molecule has 12 aromatic carbocycles. The molecule has 0 atom stereocenters. The van der Waals surface area contributed by atoms with Crippen LogP contribution in [-0.4, -0.2) is 33.7 Å². The zero-order valence-corrected chi connectivity index (χ0v) is 68.0. The molecule has 8 bridgehead atoms. The fourth-order valence-corrected chi connectivity index (χ4v) is 17.6. The van der Waals surface area contributed by atoms with Crippen molar-refractivity contribution in [1.82, 2.24) is 0 Å². The first-order valence-electron chi connectivity index (χ1n) is 34.0. The van der Waals surface area contributed by atoms with Crippen LogP contribution in [0.1, 0.15) is 89.0 Å². The first kappa shape index (κ1) is 78.6. The predicted molar refractivity (Wildman–Crippen MR) is 445 cm³/mol. The molecule has 552 valence electrons. The minimum atomic E-state index is -5.01. The Kier molecular flexibility index (Phi) is 23.9. The van der Waals surface area contributed by atoms with Crippen LogP contribution >= 0.6 is 63.7 Å². The van der Waals surface area contributed by atoms with Gasteiger partial charge in [0.2, 0.25) is 0 Å². The van der Waals surface area contributed by atoms with Crippen LogP contribution in [0, 0.1) is 45.3 Å². The highest BCUT2D eigenvalue weighted by atomic mass is 79.9. The summed E-state index contributed by atoms with van der Waals surface area (Å²) in [5.41, 5.74) is 2.20. The van der Waals surface area contributed by atoms with Gasteiger partial charge >= 0.3 is 40.5 Å². The molecule has 0 unspecified atom stereocenters. The van der Waals surface area contributed by atoms with Crippen LogP contribution in [0.2, 0.25) is 0 Å². The Balaban J connectivity index is 1.24. The summed E-state index contributed by atoms with van der Waals surface area (Å²) in [6, 6.07) is 78.9. The number of nitriles is 4. The minimum Gasteiger partial charge on any atom is -0.378 e. The summed E-state index contributed by atoms with van der Waals surface area (Å²) in [7, 11) is -20.1. The molecule has 1 aliphatic rings. The van der Waals surface area contributed by atoms with Crippen molar-refractivity contribution in [2.75, 3.05) is 0 Å². The minimum absolute atomic E-state index is 0.00552. The summed E-state index contributed by atoms with van der Waals surface area (Å²) in [5.74, 6) is -1.68. The van der Waals surface area contributed by atoms with Crippen molar-refractivity contribution in [3.63, 3.8) is 0 Å². The molecule has 0 spiro atoms. The second-order valence-electron chi connectivity index (χ2n) is 25.5. The quantitative estimate of drug-likeness (QED) is 0.0390. The Morgan fingerprint density at radius 1 is 0.259 bits per heavy atom. The second kappa shape index (κ2) is 34.0. The third kappa shape index (κ3) is 18.6. The lowest BCUT2D eigenvalue weighted by atomic mass is 9.86. The van der Waals surface area contributed by atoms with E-state index in [0.717, 1.165) is 0 Å². The SMILES string of the molecule is N#C/C(=C\c1ccccc1)c1cc2c(OS(=O)(=O)c3ccc(Br)cc3)c(c1)Cc1cc(/C(C#N)=C/c3ccccc3)cc(c1OS(=O)(=O)c1ccc(Br)cc1)Cc1cc(/C(C#N)=C/c3ccccc3)cc(c1OS(=O)(=O)c1ccc(Br)cc1)Cc1cc(/C(C#N)=C/c3ccccc3)cc(c1OS(=O)(=O)c1ccc(Br)cc1)C2. The summed E-state index contributed by atoms with van der Waals surface area (Å²) < 4.78 is 152. The van der Waals surface area contributed by atoms with E-state index < -0.39 is 89.2 Å². The molecule has 0 saturated heterocycles. The lowest BCUT2D eigenvalue weighted by Crippen LogP contribution is -2.17. The third-order valence-electron chi connectivity index (χ3n) is 17.8. The molecule has 24 heteroatoms. The predicted octanol–water partition coefficient (Wildman–Crippen LogP) is 20.7. The summed E-state index contributed by atoms with van der Waals surface area (Å²) in [4.78, 5) is -1.35. The Morgan fingerprint density at radius 3 is 0.571 bits per heavy atom. The summed E-state index contributed by atoms with van der Waals surface area (Å²) in [6.45, 7) is 0. The van der Waals surface area contributed by atoms with Gasteiger partial charge in [0.15, 0.2) is 0 Å².